The molecular formula is C22H21BrN6OS. The maximum atomic E-state index is 12.9. The van der Waals surface area contributed by atoms with E-state index in [0.29, 0.717) is 13.1 Å². The number of amides is 1. The third-order valence-corrected chi connectivity index (χ3v) is 6.78. The van der Waals surface area contributed by atoms with E-state index in [0.717, 1.165) is 52.1 Å². The van der Waals surface area contributed by atoms with Gasteiger partial charge in [-0.3, -0.25) is 9.78 Å². The number of nitrogens with zero attached hydrogens (tertiary/aromatic N) is 5. The molecule has 1 amide bonds. The molecule has 0 aromatic carbocycles. The SMILES string of the molecule is O=C(c1ccsc1)N1CCCC(c2cc(NCc3cccnc3)n3ncc(Br)c3n2)C1. The first-order valence-electron chi connectivity index (χ1n) is 10.2. The predicted octanol–water partition coefficient (Wildman–Crippen LogP) is 4.58. The number of halogens is 1. The van der Waals surface area contributed by atoms with Crippen LogP contribution in [0.4, 0.5) is 5.82 Å². The number of nitrogens with one attached hydrogen (secondary N) is 1. The Bertz CT molecular complexity index is 1190. The Balaban J connectivity index is 1.42. The van der Waals surface area contributed by atoms with Crippen molar-refractivity contribution in [2.75, 3.05) is 18.4 Å². The average Bonchev–Trinajstić information content (AvgIpc) is 3.48. The molecule has 31 heavy (non-hydrogen) atoms. The second kappa shape index (κ2) is 8.76. The van der Waals surface area contributed by atoms with Gasteiger partial charge in [0.15, 0.2) is 5.65 Å². The first-order chi connectivity index (χ1) is 15.2. The number of hydrogen-bond acceptors (Lipinski definition) is 6. The van der Waals surface area contributed by atoms with E-state index in [1.54, 1.807) is 28.2 Å². The van der Waals surface area contributed by atoms with Gasteiger partial charge in [-0.15, -0.1) is 0 Å². The molecular weight excluding hydrogens is 476 g/mol. The summed E-state index contributed by atoms with van der Waals surface area (Å²) in [5.41, 5.74) is 3.61. The van der Waals surface area contributed by atoms with Gasteiger partial charge >= 0.3 is 0 Å². The number of anilines is 1. The van der Waals surface area contributed by atoms with Crippen LogP contribution in [0.25, 0.3) is 5.65 Å². The fourth-order valence-corrected chi connectivity index (χ4v) is 4.93. The van der Waals surface area contributed by atoms with Crippen LogP contribution in [-0.4, -0.2) is 43.5 Å². The zero-order valence-corrected chi connectivity index (χ0v) is 19.1. The third-order valence-electron chi connectivity index (χ3n) is 5.54. The van der Waals surface area contributed by atoms with Gasteiger partial charge in [0.05, 0.1) is 21.9 Å². The van der Waals surface area contributed by atoms with Gasteiger partial charge in [-0.25, -0.2) is 4.98 Å². The number of pyridine rings is 1. The number of likely N-dealkylation sites (tertiary alicyclic amines) is 1. The lowest BCUT2D eigenvalue weighted by Gasteiger charge is -2.32. The van der Waals surface area contributed by atoms with Gasteiger partial charge in [0.1, 0.15) is 5.82 Å². The molecule has 158 valence electrons. The zero-order valence-electron chi connectivity index (χ0n) is 16.7. The van der Waals surface area contributed by atoms with Crippen LogP contribution in [0.3, 0.4) is 0 Å². The highest BCUT2D eigenvalue weighted by molar-refractivity contribution is 9.10. The highest BCUT2D eigenvalue weighted by Gasteiger charge is 2.27. The van der Waals surface area contributed by atoms with Crippen molar-refractivity contribution in [3.8, 4) is 0 Å². The molecule has 1 aliphatic heterocycles. The Labute approximate surface area is 192 Å². The Hall–Kier alpha value is -2.78. The van der Waals surface area contributed by atoms with Gasteiger partial charge in [-0.1, -0.05) is 6.07 Å². The van der Waals surface area contributed by atoms with Crippen LogP contribution in [0.5, 0.6) is 0 Å². The summed E-state index contributed by atoms with van der Waals surface area (Å²) in [6.45, 7) is 2.10. The van der Waals surface area contributed by atoms with Gasteiger partial charge in [0.25, 0.3) is 5.91 Å². The van der Waals surface area contributed by atoms with E-state index in [4.69, 9.17) is 4.98 Å². The molecule has 9 heteroatoms. The lowest BCUT2D eigenvalue weighted by Crippen LogP contribution is -2.39. The van der Waals surface area contributed by atoms with Crippen LogP contribution in [0.15, 0.2) is 58.1 Å². The minimum atomic E-state index is 0.104. The number of carbonyl (C=O) groups is 1. The van der Waals surface area contributed by atoms with Gasteiger partial charge in [0.2, 0.25) is 0 Å². The van der Waals surface area contributed by atoms with Crippen LogP contribution in [-0.2, 0) is 6.54 Å². The van der Waals surface area contributed by atoms with Crippen molar-refractivity contribution in [3.63, 3.8) is 0 Å². The van der Waals surface area contributed by atoms with E-state index in [9.17, 15) is 4.79 Å². The molecule has 0 saturated carbocycles. The fourth-order valence-electron chi connectivity index (χ4n) is 3.96. The third kappa shape index (κ3) is 4.20. The van der Waals surface area contributed by atoms with Crippen LogP contribution in [0.1, 0.15) is 40.4 Å². The Kier molecular flexibility index (Phi) is 5.69. The van der Waals surface area contributed by atoms with E-state index in [-0.39, 0.29) is 11.8 Å². The van der Waals surface area contributed by atoms with Gasteiger partial charge in [-0.05, 0) is 51.8 Å². The number of aromatic nitrogens is 4. The molecule has 0 spiro atoms. The van der Waals surface area contributed by atoms with Crippen LogP contribution >= 0.6 is 27.3 Å². The summed E-state index contributed by atoms with van der Waals surface area (Å²) < 4.78 is 2.65. The van der Waals surface area contributed by atoms with Gasteiger partial charge in [0, 0.05) is 49.4 Å². The summed E-state index contributed by atoms with van der Waals surface area (Å²) >= 11 is 5.12. The first kappa shape index (κ1) is 20.1. The molecule has 1 saturated heterocycles. The van der Waals surface area contributed by atoms with E-state index >= 15 is 0 Å². The molecule has 7 nitrogen and oxygen atoms in total. The topological polar surface area (TPSA) is 75.4 Å². The molecule has 0 aliphatic carbocycles. The normalized spacial score (nSPS) is 16.5. The van der Waals surface area contributed by atoms with Crippen LogP contribution < -0.4 is 5.32 Å². The molecule has 1 aliphatic rings. The van der Waals surface area contributed by atoms with E-state index in [2.05, 4.69) is 37.4 Å². The lowest BCUT2D eigenvalue weighted by atomic mass is 9.94. The minimum absolute atomic E-state index is 0.104. The smallest absolute Gasteiger partial charge is 0.254 e. The van der Waals surface area contributed by atoms with Crippen molar-refractivity contribution in [3.05, 3.63) is 74.9 Å². The number of rotatable bonds is 5. The molecule has 5 rings (SSSR count). The number of piperidine rings is 1. The summed E-state index contributed by atoms with van der Waals surface area (Å²) in [4.78, 5) is 23.9. The molecule has 1 N–H and O–H groups in total. The van der Waals surface area contributed by atoms with Gasteiger partial charge in [-0.2, -0.15) is 21.0 Å². The number of thiophene rings is 1. The fraction of sp³-hybridized carbons (Fsp3) is 0.273. The van der Waals surface area contributed by atoms with Crippen molar-refractivity contribution >= 4 is 44.6 Å². The number of fused-ring (bicyclic) bond motifs is 1. The molecule has 1 fully saturated rings. The second-order valence-corrected chi connectivity index (χ2v) is 9.25. The van der Waals surface area contributed by atoms with Gasteiger partial charge < -0.3 is 10.2 Å². The average molecular weight is 497 g/mol. The molecule has 1 unspecified atom stereocenters. The van der Waals surface area contributed by atoms with E-state index in [1.807, 2.05) is 40.1 Å². The summed E-state index contributed by atoms with van der Waals surface area (Å²) in [5.74, 6) is 1.16. The van der Waals surface area contributed by atoms with Crippen molar-refractivity contribution in [1.29, 1.82) is 0 Å². The summed E-state index contributed by atoms with van der Waals surface area (Å²) in [7, 11) is 0. The van der Waals surface area contributed by atoms with E-state index in [1.165, 1.54) is 0 Å². The van der Waals surface area contributed by atoms with Crippen molar-refractivity contribution in [1.82, 2.24) is 24.5 Å². The Morgan fingerprint density at radius 1 is 1.32 bits per heavy atom. The lowest BCUT2D eigenvalue weighted by molar-refractivity contribution is 0.0706. The highest BCUT2D eigenvalue weighted by atomic mass is 79.9. The summed E-state index contributed by atoms with van der Waals surface area (Å²) in [6.07, 6.45) is 7.34. The summed E-state index contributed by atoms with van der Waals surface area (Å²) in [6, 6.07) is 7.92. The number of carbonyl (C=O) groups excluding carboxylic acids is 1. The predicted molar refractivity (Wildman–Crippen MR) is 124 cm³/mol. The highest BCUT2D eigenvalue weighted by Crippen LogP contribution is 2.30. The standard InChI is InChI=1S/C22H21BrN6OS/c23-18-12-26-29-20(25-11-15-3-1-6-24-10-15)9-19(27-21(18)29)16-4-2-7-28(13-16)22(30)17-5-8-31-14-17/h1,3,5-6,8-10,12,14,16,25H,2,4,7,11,13H2. The molecule has 0 bridgehead atoms. The largest absolute Gasteiger partial charge is 0.366 e. The Morgan fingerprint density at radius 3 is 3.06 bits per heavy atom. The number of hydrogen-bond donors (Lipinski definition) is 1. The maximum absolute atomic E-state index is 12.9. The Morgan fingerprint density at radius 2 is 2.26 bits per heavy atom. The molecule has 5 heterocycles. The van der Waals surface area contributed by atoms with Crippen LogP contribution in [0.2, 0.25) is 0 Å². The van der Waals surface area contributed by atoms with E-state index < -0.39 is 0 Å². The molecule has 4 aromatic rings. The maximum Gasteiger partial charge on any atom is 0.254 e. The zero-order chi connectivity index (χ0) is 21.2. The quantitative estimate of drug-likeness (QED) is 0.437. The van der Waals surface area contributed by atoms with Crippen molar-refractivity contribution in [2.24, 2.45) is 0 Å². The minimum Gasteiger partial charge on any atom is -0.366 e. The second-order valence-electron chi connectivity index (χ2n) is 7.61. The van der Waals surface area contributed by atoms with Crippen molar-refractivity contribution < 1.29 is 4.79 Å². The first-order valence-corrected chi connectivity index (χ1v) is 11.9. The van der Waals surface area contributed by atoms with Crippen molar-refractivity contribution in [2.45, 2.75) is 25.3 Å². The monoisotopic (exact) mass is 496 g/mol. The molecule has 0 radical (unpaired) electrons. The van der Waals surface area contributed by atoms with Crippen LogP contribution in [0, 0.1) is 0 Å². The summed E-state index contributed by atoms with van der Waals surface area (Å²) in [5, 5.41) is 11.8. The molecule has 4 aromatic heterocycles. The molecule has 1 atom stereocenters.